The Morgan fingerprint density at radius 1 is 1.27 bits per heavy atom. The van der Waals surface area contributed by atoms with Crippen LogP contribution in [0.5, 0.6) is 0 Å². The summed E-state index contributed by atoms with van der Waals surface area (Å²) in [5.41, 5.74) is 0.831. The fourth-order valence-electron chi connectivity index (χ4n) is 1.29. The lowest BCUT2D eigenvalue weighted by atomic mass is 10.1. The third kappa shape index (κ3) is 2.73. The van der Waals surface area contributed by atoms with Gasteiger partial charge < -0.3 is 0 Å². The van der Waals surface area contributed by atoms with Crippen LogP contribution in [0.15, 0.2) is 36.5 Å². The number of nitrogens with zero attached hydrogens (tertiary/aromatic N) is 2. The number of benzene rings is 1. The molecule has 0 fully saturated rings. The van der Waals surface area contributed by atoms with Gasteiger partial charge in [-0.15, -0.1) is 0 Å². The maximum Gasteiger partial charge on any atom is 0.134 e. The molecule has 15 heavy (non-hydrogen) atoms. The van der Waals surface area contributed by atoms with E-state index in [2.05, 4.69) is 9.97 Å². The molecule has 1 aromatic heterocycles. The van der Waals surface area contributed by atoms with Crippen LogP contribution in [-0.4, -0.2) is 9.97 Å². The van der Waals surface area contributed by atoms with Crippen molar-refractivity contribution in [3.05, 3.63) is 58.9 Å². The second-order valence-electron chi connectivity index (χ2n) is 3.10. The third-order valence-electron chi connectivity index (χ3n) is 1.92. The van der Waals surface area contributed by atoms with Crippen molar-refractivity contribution >= 4 is 11.6 Å². The van der Waals surface area contributed by atoms with E-state index >= 15 is 0 Å². The van der Waals surface area contributed by atoms with Gasteiger partial charge in [-0.1, -0.05) is 23.7 Å². The molecule has 0 amide bonds. The normalized spacial score (nSPS) is 10.3. The fraction of sp³-hybridized carbons (Fsp3) is 0.0909. The molecule has 0 saturated carbocycles. The van der Waals surface area contributed by atoms with Crippen molar-refractivity contribution in [3.8, 4) is 0 Å². The van der Waals surface area contributed by atoms with Crippen molar-refractivity contribution in [2.75, 3.05) is 0 Å². The lowest BCUT2D eigenvalue weighted by molar-refractivity contribution is 0.626. The molecule has 2 nitrogen and oxygen atoms in total. The summed E-state index contributed by atoms with van der Waals surface area (Å²) in [6.45, 7) is 0. The molecule has 0 spiro atoms. The molecule has 0 aliphatic carbocycles. The first-order chi connectivity index (χ1) is 7.24. The standard InChI is InChI=1S/C11H8ClFN2/c12-10-4-5-14-11(15-10)7-8-2-1-3-9(13)6-8/h1-6H,7H2. The molecule has 4 heteroatoms. The van der Waals surface area contributed by atoms with Crippen molar-refractivity contribution in [1.82, 2.24) is 9.97 Å². The topological polar surface area (TPSA) is 25.8 Å². The molecule has 1 heterocycles. The van der Waals surface area contributed by atoms with E-state index in [1.807, 2.05) is 6.07 Å². The number of halogens is 2. The minimum absolute atomic E-state index is 0.255. The smallest absolute Gasteiger partial charge is 0.134 e. The molecule has 1 aromatic carbocycles. The lowest BCUT2D eigenvalue weighted by Gasteiger charge is -2.00. The van der Waals surface area contributed by atoms with E-state index in [0.717, 1.165) is 5.56 Å². The summed E-state index contributed by atoms with van der Waals surface area (Å²) >= 11 is 5.72. The molecule has 0 N–H and O–H groups in total. The highest BCUT2D eigenvalue weighted by Crippen LogP contribution is 2.09. The monoisotopic (exact) mass is 222 g/mol. The van der Waals surface area contributed by atoms with E-state index in [4.69, 9.17) is 11.6 Å². The predicted molar refractivity (Wildman–Crippen MR) is 56.2 cm³/mol. The van der Waals surface area contributed by atoms with E-state index in [-0.39, 0.29) is 5.82 Å². The average Bonchev–Trinajstić information content (AvgIpc) is 2.17. The van der Waals surface area contributed by atoms with Gasteiger partial charge in [0.15, 0.2) is 0 Å². The number of hydrogen-bond acceptors (Lipinski definition) is 2. The molecular formula is C11H8ClFN2. The van der Waals surface area contributed by atoms with Crippen molar-refractivity contribution < 1.29 is 4.39 Å². The summed E-state index contributed by atoms with van der Waals surface area (Å²) in [6.07, 6.45) is 2.07. The van der Waals surface area contributed by atoms with Gasteiger partial charge in [-0.3, -0.25) is 0 Å². The lowest BCUT2D eigenvalue weighted by Crippen LogP contribution is -1.96. The van der Waals surface area contributed by atoms with Crippen molar-refractivity contribution in [1.29, 1.82) is 0 Å². The van der Waals surface area contributed by atoms with Gasteiger partial charge in [0.25, 0.3) is 0 Å². The first-order valence-electron chi connectivity index (χ1n) is 4.46. The van der Waals surface area contributed by atoms with Gasteiger partial charge in [-0.25, -0.2) is 14.4 Å². The molecule has 0 aliphatic heterocycles. The Balaban J connectivity index is 2.22. The van der Waals surface area contributed by atoms with Crippen LogP contribution in [0.4, 0.5) is 4.39 Å². The zero-order valence-electron chi connectivity index (χ0n) is 7.82. The van der Waals surface area contributed by atoms with Crippen LogP contribution in [0, 0.1) is 5.82 Å². The van der Waals surface area contributed by atoms with Crippen molar-refractivity contribution in [2.45, 2.75) is 6.42 Å². The Kier molecular flexibility index (Phi) is 2.92. The largest absolute Gasteiger partial charge is 0.241 e. The van der Waals surface area contributed by atoms with Gasteiger partial charge in [0.2, 0.25) is 0 Å². The SMILES string of the molecule is Fc1cccc(Cc2nccc(Cl)n2)c1. The third-order valence-corrected chi connectivity index (χ3v) is 2.13. The minimum atomic E-state index is -0.255. The van der Waals surface area contributed by atoms with Crippen molar-refractivity contribution in [2.24, 2.45) is 0 Å². The van der Waals surface area contributed by atoms with Gasteiger partial charge in [0.1, 0.15) is 16.8 Å². The van der Waals surface area contributed by atoms with Crippen LogP contribution < -0.4 is 0 Å². The van der Waals surface area contributed by atoms with Crippen LogP contribution >= 0.6 is 11.6 Å². The summed E-state index contributed by atoms with van der Waals surface area (Å²) in [4.78, 5) is 8.08. The highest BCUT2D eigenvalue weighted by Gasteiger charge is 2.00. The van der Waals surface area contributed by atoms with E-state index in [9.17, 15) is 4.39 Å². The van der Waals surface area contributed by atoms with Crippen LogP contribution in [0.2, 0.25) is 5.15 Å². The molecule has 0 unspecified atom stereocenters. The molecule has 0 radical (unpaired) electrons. The highest BCUT2D eigenvalue weighted by atomic mass is 35.5. The highest BCUT2D eigenvalue weighted by molar-refractivity contribution is 6.29. The Morgan fingerprint density at radius 3 is 2.87 bits per heavy atom. The maximum atomic E-state index is 12.9. The number of hydrogen-bond donors (Lipinski definition) is 0. The zero-order valence-corrected chi connectivity index (χ0v) is 8.58. The summed E-state index contributed by atoms with van der Waals surface area (Å²) in [6, 6.07) is 7.96. The summed E-state index contributed by atoms with van der Waals surface area (Å²) in [7, 11) is 0. The van der Waals surface area contributed by atoms with Crippen LogP contribution in [-0.2, 0) is 6.42 Å². The van der Waals surface area contributed by atoms with Gasteiger partial charge in [-0.2, -0.15) is 0 Å². The average molecular weight is 223 g/mol. The zero-order chi connectivity index (χ0) is 10.7. The molecule has 76 valence electrons. The number of rotatable bonds is 2. The van der Waals surface area contributed by atoms with Gasteiger partial charge in [0, 0.05) is 12.6 Å². The molecule has 2 aromatic rings. The van der Waals surface area contributed by atoms with E-state index in [1.54, 1.807) is 18.3 Å². The Labute approximate surface area is 91.8 Å². The van der Waals surface area contributed by atoms with Gasteiger partial charge in [0.05, 0.1) is 0 Å². The van der Waals surface area contributed by atoms with Crippen LogP contribution in [0.3, 0.4) is 0 Å². The summed E-state index contributed by atoms with van der Waals surface area (Å²) in [5, 5.41) is 0.399. The first kappa shape index (κ1) is 10.1. The molecule has 0 bridgehead atoms. The predicted octanol–water partition coefficient (Wildman–Crippen LogP) is 2.86. The molecule has 0 atom stereocenters. The summed E-state index contributed by atoms with van der Waals surface area (Å²) in [5.74, 6) is 0.336. The first-order valence-corrected chi connectivity index (χ1v) is 4.84. The quantitative estimate of drug-likeness (QED) is 0.731. The van der Waals surface area contributed by atoms with Gasteiger partial charge >= 0.3 is 0 Å². The Morgan fingerprint density at radius 2 is 2.13 bits per heavy atom. The minimum Gasteiger partial charge on any atom is -0.241 e. The van der Waals surface area contributed by atoms with Crippen LogP contribution in [0.1, 0.15) is 11.4 Å². The summed E-state index contributed by atoms with van der Waals surface area (Å²) < 4.78 is 12.9. The maximum absolute atomic E-state index is 12.9. The molecule has 2 rings (SSSR count). The Bertz CT molecular complexity index is 430. The van der Waals surface area contributed by atoms with Crippen molar-refractivity contribution in [3.63, 3.8) is 0 Å². The van der Waals surface area contributed by atoms with E-state index in [0.29, 0.717) is 17.4 Å². The second kappa shape index (κ2) is 4.36. The molecular weight excluding hydrogens is 215 g/mol. The van der Waals surface area contributed by atoms with E-state index < -0.39 is 0 Å². The van der Waals surface area contributed by atoms with E-state index in [1.165, 1.54) is 12.1 Å². The number of aromatic nitrogens is 2. The second-order valence-corrected chi connectivity index (χ2v) is 3.49. The van der Waals surface area contributed by atoms with Gasteiger partial charge in [-0.05, 0) is 23.8 Å². The van der Waals surface area contributed by atoms with Crippen LogP contribution in [0.25, 0.3) is 0 Å². The fourth-order valence-corrected chi connectivity index (χ4v) is 1.44. The Hall–Kier alpha value is -1.48. The molecule has 0 aliphatic rings. The molecule has 0 saturated heterocycles.